The SMILES string of the molecule is C=CC(=O)Cc1ccccc1Nc1nc(N[C@@H]2CCC[C@H](C(N)=O)C2)ncc1Cl. The Morgan fingerprint density at radius 1 is 1.31 bits per heavy atom. The maximum absolute atomic E-state index is 11.8. The maximum Gasteiger partial charge on any atom is 0.224 e. The molecule has 0 radical (unpaired) electrons. The van der Waals surface area contributed by atoms with Gasteiger partial charge in [-0.3, -0.25) is 9.59 Å². The number of nitrogens with two attached hydrogens (primary N) is 1. The van der Waals surface area contributed by atoms with E-state index in [0.717, 1.165) is 30.5 Å². The van der Waals surface area contributed by atoms with Crippen LogP contribution in [0.3, 0.4) is 0 Å². The average Bonchev–Trinajstić information content (AvgIpc) is 2.72. The highest BCUT2D eigenvalue weighted by Crippen LogP contribution is 2.29. The first-order valence-electron chi connectivity index (χ1n) is 9.55. The predicted molar refractivity (Wildman–Crippen MR) is 114 cm³/mol. The number of carbonyl (C=O) groups is 2. The fraction of sp³-hybridized carbons (Fsp3) is 0.333. The number of primary amides is 1. The highest BCUT2D eigenvalue weighted by molar-refractivity contribution is 6.32. The second-order valence-corrected chi connectivity index (χ2v) is 7.53. The first-order valence-corrected chi connectivity index (χ1v) is 9.92. The van der Waals surface area contributed by atoms with Crippen molar-refractivity contribution in [3.05, 3.63) is 53.7 Å². The molecule has 29 heavy (non-hydrogen) atoms. The van der Waals surface area contributed by atoms with Gasteiger partial charge in [-0.2, -0.15) is 4.98 Å². The van der Waals surface area contributed by atoms with Gasteiger partial charge in [0, 0.05) is 24.1 Å². The molecule has 4 N–H and O–H groups in total. The normalized spacial score (nSPS) is 18.7. The van der Waals surface area contributed by atoms with E-state index in [0.29, 0.717) is 23.2 Å². The number of allylic oxidation sites excluding steroid dienone is 1. The summed E-state index contributed by atoms with van der Waals surface area (Å²) >= 11 is 6.28. The number of hydrogen-bond donors (Lipinski definition) is 3. The molecule has 0 bridgehead atoms. The second kappa shape index (κ2) is 9.52. The molecule has 1 amide bonds. The Labute approximate surface area is 174 Å². The van der Waals surface area contributed by atoms with Gasteiger partial charge in [-0.25, -0.2) is 4.98 Å². The molecule has 0 unspecified atom stereocenters. The first kappa shape index (κ1) is 20.8. The zero-order chi connectivity index (χ0) is 20.8. The zero-order valence-corrected chi connectivity index (χ0v) is 16.8. The average molecular weight is 414 g/mol. The highest BCUT2D eigenvalue weighted by Gasteiger charge is 2.26. The molecule has 2 atom stereocenters. The van der Waals surface area contributed by atoms with Crippen LogP contribution in [0.15, 0.2) is 43.1 Å². The minimum absolute atomic E-state index is 0.0725. The number of amides is 1. The summed E-state index contributed by atoms with van der Waals surface area (Å²) in [4.78, 5) is 32.0. The van der Waals surface area contributed by atoms with Crippen molar-refractivity contribution in [2.24, 2.45) is 11.7 Å². The van der Waals surface area contributed by atoms with Crippen molar-refractivity contribution in [1.29, 1.82) is 0 Å². The van der Waals surface area contributed by atoms with E-state index in [2.05, 4.69) is 27.2 Å². The van der Waals surface area contributed by atoms with E-state index in [4.69, 9.17) is 17.3 Å². The van der Waals surface area contributed by atoms with E-state index in [1.165, 1.54) is 12.3 Å². The summed E-state index contributed by atoms with van der Waals surface area (Å²) in [6.45, 7) is 3.52. The van der Waals surface area contributed by atoms with Crippen LogP contribution in [0, 0.1) is 5.92 Å². The van der Waals surface area contributed by atoms with Gasteiger partial charge in [0.1, 0.15) is 5.02 Å². The van der Waals surface area contributed by atoms with Crippen LogP contribution in [0.2, 0.25) is 5.02 Å². The summed E-state index contributed by atoms with van der Waals surface area (Å²) in [7, 11) is 0. The quantitative estimate of drug-likeness (QED) is 0.570. The van der Waals surface area contributed by atoms with Crippen molar-refractivity contribution in [3.63, 3.8) is 0 Å². The largest absolute Gasteiger partial charge is 0.369 e. The molecule has 0 spiro atoms. The molecule has 1 fully saturated rings. The van der Waals surface area contributed by atoms with Gasteiger partial charge < -0.3 is 16.4 Å². The van der Waals surface area contributed by atoms with E-state index in [-0.39, 0.29) is 30.1 Å². The lowest BCUT2D eigenvalue weighted by atomic mass is 9.85. The summed E-state index contributed by atoms with van der Waals surface area (Å²) in [5.74, 6) is 0.398. The fourth-order valence-electron chi connectivity index (χ4n) is 3.47. The predicted octanol–water partition coefficient (Wildman–Crippen LogP) is 3.63. The Balaban J connectivity index is 1.76. The van der Waals surface area contributed by atoms with E-state index in [1.807, 2.05) is 24.3 Å². The molecule has 1 aliphatic carbocycles. The third-order valence-electron chi connectivity index (χ3n) is 5.02. The molecule has 8 heteroatoms. The number of aromatic nitrogens is 2. The van der Waals surface area contributed by atoms with E-state index >= 15 is 0 Å². The lowest BCUT2D eigenvalue weighted by molar-refractivity contribution is -0.122. The number of nitrogens with zero attached hydrogens (tertiary/aromatic N) is 2. The third-order valence-corrected chi connectivity index (χ3v) is 5.29. The Kier molecular flexibility index (Phi) is 6.82. The van der Waals surface area contributed by atoms with E-state index in [9.17, 15) is 9.59 Å². The number of rotatable bonds is 8. The molecule has 1 aromatic carbocycles. The summed E-state index contributed by atoms with van der Waals surface area (Å²) in [6.07, 6.45) is 6.39. The molecule has 1 saturated carbocycles. The molecular weight excluding hydrogens is 390 g/mol. The smallest absolute Gasteiger partial charge is 0.224 e. The number of ketones is 1. The molecule has 3 rings (SSSR count). The van der Waals surface area contributed by atoms with Gasteiger partial charge in [-0.1, -0.05) is 42.8 Å². The Bertz CT molecular complexity index is 918. The molecule has 1 aliphatic rings. The molecule has 7 nitrogen and oxygen atoms in total. The molecular formula is C21H24ClN5O2. The Morgan fingerprint density at radius 3 is 2.86 bits per heavy atom. The topological polar surface area (TPSA) is 110 Å². The Hall–Kier alpha value is -2.93. The molecule has 1 aromatic heterocycles. The van der Waals surface area contributed by atoms with Crippen LogP contribution in [0.4, 0.5) is 17.5 Å². The molecule has 1 heterocycles. The van der Waals surface area contributed by atoms with Crippen molar-refractivity contribution < 1.29 is 9.59 Å². The van der Waals surface area contributed by atoms with Crippen LogP contribution in [-0.2, 0) is 16.0 Å². The number of halogens is 1. The van der Waals surface area contributed by atoms with Crippen LogP contribution < -0.4 is 16.4 Å². The van der Waals surface area contributed by atoms with Crippen molar-refractivity contribution in [2.45, 2.75) is 38.1 Å². The van der Waals surface area contributed by atoms with Crippen molar-refractivity contribution in [2.75, 3.05) is 10.6 Å². The second-order valence-electron chi connectivity index (χ2n) is 7.13. The van der Waals surface area contributed by atoms with Crippen molar-refractivity contribution in [3.8, 4) is 0 Å². The molecule has 152 valence electrons. The summed E-state index contributed by atoms with van der Waals surface area (Å²) < 4.78 is 0. The standard InChI is InChI=1S/C21H24ClN5O2/c1-2-16(28)11-13-6-3-4-9-18(13)26-20-17(22)12-24-21(27-20)25-15-8-5-7-14(10-15)19(23)29/h2-4,6,9,12,14-15H,1,5,7-8,10-11H2,(H2,23,29)(H2,24,25,26,27)/t14-,15+/m0/s1. The lowest BCUT2D eigenvalue weighted by Crippen LogP contribution is -2.34. The summed E-state index contributed by atoms with van der Waals surface area (Å²) in [5, 5.41) is 6.83. The number of benzene rings is 1. The molecule has 0 aliphatic heterocycles. The number of carbonyl (C=O) groups excluding carboxylic acids is 2. The van der Waals surface area contributed by atoms with Gasteiger partial charge in [0.2, 0.25) is 11.9 Å². The van der Waals surface area contributed by atoms with Crippen molar-refractivity contribution in [1.82, 2.24) is 9.97 Å². The van der Waals surface area contributed by atoms with E-state index < -0.39 is 0 Å². The monoisotopic (exact) mass is 413 g/mol. The lowest BCUT2D eigenvalue weighted by Gasteiger charge is -2.28. The number of para-hydroxylation sites is 1. The first-order chi connectivity index (χ1) is 14.0. The number of anilines is 3. The zero-order valence-electron chi connectivity index (χ0n) is 16.0. The van der Waals surface area contributed by atoms with Gasteiger partial charge in [-0.15, -0.1) is 0 Å². The van der Waals surface area contributed by atoms with Gasteiger partial charge in [0.25, 0.3) is 0 Å². The highest BCUT2D eigenvalue weighted by atomic mass is 35.5. The summed E-state index contributed by atoms with van der Waals surface area (Å²) in [5.41, 5.74) is 7.01. The number of nitrogens with one attached hydrogen (secondary N) is 2. The van der Waals surface area contributed by atoms with Gasteiger partial charge in [0.15, 0.2) is 11.6 Å². The van der Waals surface area contributed by atoms with Crippen LogP contribution in [0.1, 0.15) is 31.2 Å². The van der Waals surface area contributed by atoms with Gasteiger partial charge in [0.05, 0.1) is 6.20 Å². The minimum atomic E-state index is -0.262. The maximum atomic E-state index is 11.8. The van der Waals surface area contributed by atoms with E-state index in [1.54, 1.807) is 0 Å². The van der Waals surface area contributed by atoms with Crippen LogP contribution in [0.25, 0.3) is 0 Å². The van der Waals surface area contributed by atoms with Gasteiger partial charge >= 0.3 is 0 Å². The van der Waals surface area contributed by atoms with Gasteiger partial charge in [-0.05, 0) is 37.0 Å². The Morgan fingerprint density at radius 2 is 2.10 bits per heavy atom. The third kappa shape index (κ3) is 5.54. The van der Waals surface area contributed by atoms with Crippen molar-refractivity contribution >= 4 is 40.7 Å². The number of hydrogen-bond acceptors (Lipinski definition) is 6. The fourth-order valence-corrected chi connectivity index (χ4v) is 3.61. The van der Waals surface area contributed by atoms with Crippen LogP contribution in [-0.4, -0.2) is 27.7 Å². The van der Waals surface area contributed by atoms with Crippen LogP contribution in [0.5, 0.6) is 0 Å². The molecule has 2 aromatic rings. The minimum Gasteiger partial charge on any atom is -0.369 e. The van der Waals surface area contributed by atoms with Crippen LogP contribution >= 0.6 is 11.6 Å². The summed E-state index contributed by atoms with van der Waals surface area (Å²) in [6, 6.07) is 7.53. The molecule has 0 saturated heterocycles.